The van der Waals surface area contributed by atoms with Gasteiger partial charge in [-0.3, -0.25) is 4.79 Å². The summed E-state index contributed by atoms with van der Waals surface area (Å²) >= 11 is 0. The molecule has 5 nitrogen and oxygen atoms in total. The molecule has 1 rings (SSSR count). The number of anilines is 1. The van der Waals surface area contributed by atoms with E-state index in [2.05, 4.69) is 10.1 Å². The van der Waals surface area contributed by atoms with Gasteiger partial charge in [-0.05, 0) is 30.7 Å². The number of esters is 1. The smallest absolute Gasteiger partial charge is 0.338 e. The molecule has 0 aliphatic heterocycles. The minimum atomic E-state index is -0.394. The van der Waals surface area contributed by atoms with Crippen molar-refractivity contribution in [3.63, 3.8) is 0 Å². The predicted octanol–water partition coefficient (Wildman–Crippen LogP) is 1.10. The molecule has 1 amide bonds. The fourth-order valence-electron chi connectivity index (χ4n) is 1.29. The highest BCUT2D eigenvalue weighted by atomic mass is 35.5. The molecule has 0 radical (unpaired) electrons. The van der Waals surface area contributed by atoms with Crippen molar-refractivity contribution in [2.24, 2.45) is 5.73 Å². The molecule has 1 aromatic carbocycles. The standard InChI is InChI=1S/C11H14N2O3.ClH/c1-7-5-8(13-10(14)6-12)3-4-9(7)11(15)16-2;/h3-5H,6,12H2,1-2H3,(H,13,14);1H. The Balaban J connectivity index is 0.00000256. The van der Waals surface area contributed by atoms with Crippen LogP contribution in [-0.4, -0.2) is 25.5 Å². The molecule has 6 heteroatoms. The molecule has 94 valence electrons. The van der Waals surface area contributed by atoms with Gasteiger partial charge in [0.1, 0.15) is 0 Å². The van der Waals surface area contributed by atoms with Crippen LogP contribution in [0.25, 0.3) is 0 Å². The lowest BCUT2D eigenvalue weighted by molar-refractivity contribution is -0.114. The fourth-order valence-corrected chi connectivity index (χ4v) is 1.29. The number of hydrogen-bond donors (Lipinski definition) is 2. The van der Waals surface area contributed by atoms with Gasteiger partial charge in [0.05, 0.1) is 19.2 Å². The van der Waals surface area contributed by atoms with Gasteiger partial charge in [0.2, 0.25) is 5.91 Å². The topological polar surface area (TPSA) is 81.4 Å². The molecule has 0 fully saturated rings. The zero-order chi connectivity index (χ0) is 12.1. The monoisotopic (exact) mass is 258 g/mol. The third kappa shape index (κ3) is 4.05. The predicted molar refractivity (Wildman–Crippen MR) is 67.5 cm³/mol. The van der Waals surface area contributed by atoms with E-state index in [-0.39, 0.29) is 24.9 Å². The summed E-state index contributed by atoms with van der Waals surface area (Å²) in [4.78, 5) is 22.3. The van der Waals surface area contributed by atoms with E-state index in [9.17, 15) is 9.59 Å². The molecule has 3 N–H and O–H groups in total. The maximum atomic E-state index is 11.3. The molecule has 17 heavy (non-hydrogen) atoms. The number of halogens is 1. The van der Waals surface area contributed by atoms with Crippen LogP contribution in [0.4, 0.5) is 5.69 Å². The largest absolute Gasteiger partial charge is 0.465 e. The zero-order valence-electron chi connectivity index (χ0n) is 9.65. The summed E-state index contributed by atoms with van der Waals surface area (Å²) in [6.45, 7) is 1.70. The summed E-state index contributed by atoms with van der Waals surface area (Å²) in [7, 11) is 1.33. The number of methoxy groups -OCH3 is 1. The minimum absolute atomic E-state index is 0. The lowest BCUT2D eigenvalue weighted by Gasteiger charge is -2.07. The maximum absolute atomic E-state index is 11.3. The van der Waals surface area contributed by atoms with Crippen LogP contribution in [-0.2, 0) is 9.53 Å². The van der Waals surface area contributed by atoms with Crippen molar-refractivity contribution in [3.05, 3.63) is 29.3 Å². The van der Waals surface area contributed by atoms with Crippen molar-refractivity contribution in [1.82, 2.24) is 0 Å². The molecule has 0 aromatic heterocycles. The molecule has 0 spiro atoms. The second-order valence-electron chi connectivity index (χ2n) is 3.27. The Morgan fingerprint density at radius 3 is 2.53 bits per heavy atom. The van der Waals surface area contributed by atoms with Gasteiger partial charge in [0.25, 0.3) is 0 Å². The van der Waals surface area contributed by atoms with E-state index in [1.54, 1.807) is 25.1 Å². The first-order valence-electron chi connectivity index (χ1n) is 4.77. The Bertz CT molecular complexity index is 421. The number of hydrogen-bond acceptors (Lipinski definition) is 4. The summed E-state index contributed by atoms with van der Waals surface area (Å²) in [5, 5.41) is 2.60. The van der Waals surface area contributed by atoms with E-state index in [0.29, 0.717) is 11.3 Å². The number of aryl methyl sites for hydroxylation is 1. The summed E-state index contributed by atoms with van der Waals surface area (Å²) < 4.78 is 4.61. The summed E-state index contributed by atoms with van der Waals surface area (Å²) in [5.74, 6) is -0.667. The number of nitrogens with one attached hydrogen (secondary N) is 1. The number of amides is 1. The van der Waals surface area contributed by atoms with E-state index in [1.807, 2.05) is 0 Å². The average Bonchev–Trinajstić information content (AvgIpc) is 2.28. The molecule has 0 aliphatic rings. The van der Waals surface area contributed by atoms with Crippen LogP contribution in [0, 0.1) is 6.92 Å². The van der Waals surface area contributed by atoms with Gasteiger partial charge in [0.15, 0.2) is 0 Å². The van der Waals surface area contributed by atoms with Crippen LogP contribution in [0.1, 0.15) is 15.9 Å². The third-order valence-corrected chi connectivity index (χ3v) is 2.10. The van der Waals surface area contributed by atoms with Crippen molar-refractivity contribution in [1.29, 1.82) is 0 Å². The van der Waals surface area contributed by atoms with Crippen molar-refractivity contribution in [3.8, 4) is 0 Å². The maximum Gasteiger partial charge on any atom is 0.338 e. The lowest BCUT2D eigenvalue weighted by Crippen LogP contribution is -2.21. The Hall–Kier alpha value is -1.59. The highest BCUT2D eigenvalue weighted by molar-refractivity contribution is 5.94. The molecule has 0 unspecified atom stereocenters. The van der Waals surface area contributed by atoms with Gasteiger partial charge in [-0.2, -0.15) is 0 Å². The molecule has 0 bridgehead atoms. The fraction of sp³-hybridized carbons (Fsp3) is 0.273. The summed E-state index contributed by atoms with van der Waals surface area (Å²) in [5.41, 5.74) is 7.00. The second kappa shape index (κ2) is 6.88. The quantitative estimate of drug-likeness (QED) is 0.796. The van der Waals surface area contributed by atoms with Gasteiger partial charge in [-0.1, -0.05) is 0 Å². The highest BCUT2D eigenvalue weighted by Gasteiger charge is 2.09. The van der Waals surface area contributed by atoms with Crippen molar-refractivity contribution in [2.75, 3.05) is 19.0 Å². The summed E-state index contributed by atoms with van der Waals surface area (Å²) in [6.07, 6.45) is 0. The van der Waals surface area contributed by atoms with Gasteiger partial charge >= 0.3 is 5.97 Å². The van der Waals surface area contributed by atoms with Crippen LogP contribution >= 0.6 is 12.4 Å². The minimum Gasteiger partial charge on any atom is -0.465 e. The van der Waals surface area contributed by atoms with Gasteiger partial charge < -0.3 is 15.8 Å². The normalized spacial score (nSPS) is 9.12. The van der Waals surface area contributed by atoms with Crippen LogP contribution in [0.15, 0.2) is 18.2 Å². The number of benzene rings is 1. The van der Waals surface area contributed by atoms with Gasteiger partial charge in [-0.25, -0.2) is 4.79 Å². The van der Waals surface area contributed by atoms with Crippen molar-refractivity contribution < 1.29 is 14.3 Å². The van der Waals surface area contributed by atoms with Crippen molar-refractivity contribution >= 4 is 30.0 Å². The first-order valence-corrected chi connectivity index (χ1v) is 4.77. The Labute approximate surface area is 106 Å². The zero-order valence-corrected chi connectivity index (χ0v) is 10.5. The van der Waals surface area contributed by atoms with Gasteiger partial charge in [0, 0.05) is 5.69 Å². The van der Waals surface area contributed by atoms with Crippen LogP contribution < -0.4 is 11.1 Å². The number of carbonyl (C=O) groups excluding carboxylic acids is 2. The molecule has 0 saturated carbocycles. The van der Waals surface area contributed by atoms with Crippen LogP contribution in [0.5, 0.6) is 0 Å². The van der Waals surface area contributed by atoms with E-state index in [0.717, 1.165) is 5.56 Å². The Kier molecular flexibility index (Phi) is 6.23. The SMILES string of the molecule is COC(=O)c1ccc(NC(=O)CN)cc1C.Cl. The Morgan fingerprint density at radius 1 is 1.41 bits per heavy atom. The molecule has 1 aromatic rings. The van der Waals surface area contributed by atoms with Gasteiger partial charge in [-0.15, -0.1) is 12.4 Å². The van der Waals surface area contributed by atoms with E-state index < -0.39 is 5.97 Å². The van der Waals surface area contributed by atoms with Crippen molar-refractivity contribution in [2.45, 2.75) is 6.92 Å². The average molecular weight is 259 g/mol. The first kappa shape index (κ1) is 15.4. The molecule has 0 saturated heterocycles. The number of ether oxygens (including phenoxy) is 1. The van der Waals surface area contributed by atoms with E-state index in [4.69, 9.17) is 5.73 Å². The number of nitrogens with two attached hydrogens (primary N) is 1. The van der Waals surface area contributed by atoms with E-state index >= 15 is 0 Å². The number of rotatable bonds is 3. The first-order chi connectivity index (χ1) is 7.58. The third-order valence-electron chi connectivity index (χ3n) is 2.10. The van der Waals surface area contributed by atoms with Crippen LogP contribution in [0.2, 0.25) is 0 Å². The van der Waals surface area contributed by atoms with E-state index in [1.165, 1.54) is 7.11 Å². The summed E-state index contributed by atoms with van der Waals surface area (Å²) in [6, 6.07) is 4.93. The second-order valence-corrected chi connectivity index (χ2v) is 3.27. The highest BCUT2D eigenvalue weighted by Crippen LogP contribution is 2.15. The molecule has 0 atom stereocenters. The lowest BCUT2D eigenvalue weighted by atomic mass is 10.1. The molecular formula is C11H15ClN2O3. The molecular weight excluding hydrogens is 244 g/mol. The van der Waals surface area contributed by atoms with Crippen LogP contribution in [0.3, 0.4) is 0 Å². The number of carbonyl (C=O) groups is 2. The molecule has 0 aliphatic carbocycles. The molecule has 0 heterocycles. The Morgan fingerprint density at radius 2 is 2.06 bits per heavy atom.